The highest BCUT2D eigenvalue weighted by Crippen LogP contribution is 2.42. The fraction of sp³-hybridized carbons (Fsp3) is 0.400. The minimum absolute atomic E-state index is 0.177. The average molecular weight is 161 g/mol. The van der Waals surface area contributed by atoms with E-state index in [-0.39, 0.29) is 5.54 Å². The van der Waals surface area contributed by atoms with E-state index in [1.165, 1.54) is 12.0 Å². The monoisotopic (exact) mass is 161 g/mol. The molecule has 0 radical (unpaired) electrons. The molecule has 62 valence electrons. The van der Waals surface area contributed by atoms with Crippen molar-refractivity contribution in [2.75, 3.05) is 13.2 Å². The zero-order valence-electron chi connectivity index (χ0n) is 6.84. The Kier molecular flexibility index (Phi) is 1.09. The molecule has 1 saturated heterocycles. The van der Waals surface area contributed by atoms with Gasteiger partial charge < -0.3 is 10.1 Å². The Morgan fingerprint density at radius 2 is 2.17 bits per heavy atom. The van der Waals surface area contributed by atoms with Crippen LogP contribution in [0.4, 0.5) is 0 Å². The van der Waals surface area contributed by atoms with Gasteiger partial charge in [-0.3, -0.25) is 0 Å². The summed E-state index contributed by atoms with van der Waals surface area (Å²) in [4.78, 5) is 0. The lowest BCUT2D eigenvalue weighted by Crippen LogP contribution is -2.55. The molecule has 3 rings (SSSR count). The topological polar surface area (TPSA) is 21.3 Å². The molecule has 0 saturated carbocycles. The number of hydrogen-bond acceptors (Lipinski definition) is 2. The molecular weight excluding hydrogens is 150 g/mol. The maximum atomic E-state index is 5.59. The van der Waals surface area contributed by atoms with Crippen molar-refractivity contribution in [2.24, 2.45) is 0 Å². The van der Waals surface area contributed by atoms with Gasteiger partial charge in [0.05, 0.1) is 5.54 Å². The van der Waals surface area contributed by atoms with Crippen molar-refractivity contribution in [3.63, 3.8) is 0 Å². The Balaban J connectivity index is 2.13. The first kappa shape index (κ1) is 6.49. The van der Waals surface area contributed by atoms with E-state index in [0.717, 1.165) is 18.9 Å². The number of nitrogens with one attached hydrogen (secondary N) is 1. The normalized spacial score (nSPS) is 31.0. The third kappa shape index (κ3) is 0.636. The molecule has 0 amide bonds. The van der Waals surface area contributed by atoms with E-state index < -0.39 is 0 Å². The van der Waals surface area contributed by atoms with Crippen molar-refractivity contribution in [1.29, 1.82) is 0 Å². The second kappa shape index (κ2) is 2.02. The zero-order chi connectivity index (χ0) is 8.02. The van der Waals surface area contributed by atoms with Crippen LogP contribution in [0.5, 0.6) is 5.75 Å². The van der Waals surface area contributed by atoms with Gasteiger partial charge in [-0.05, 0) is 19.0 Å². The number of rotatable bonds is 0. The van der Waals surface area contributed by atoms with Gasteiger partial charge >= 0.3 is 0 Å². The van der Waals surface area contributed by atoms with Gasteiger partial charge in [0.25, 0.3) is 0 Å². The second-order valence-corrected chi connectivity index (χ2v) is 3.54. The number of para-hydroxylation sites is 1. The summed E-state index contributed by atoms with van der Waals surface area (Å²) in [5, 5.41) is 3.45. The molecule has 2 aliphatic heterocycles. The number of benzene rings is 1. The molecule has 1 spiro atoms. The van der Waals surface area contributed by atoms with Crippen LogP contribution in [0.3, 0.4) is 0 Å². The Morgan fingerprint density at radius 3 is 2.92 bits per heavy atom. The van der Waals surface area contributed by atoms with E-state index in [1.807, 2.05) is 12.1 Å². The molecule has 1 fully saturated rings. The fourth-order valence-corrected chi connectivity index (χ4v) is 2.05. The summed E-state index contributed by atoms with van der Waals surface area (Å²) in [6.45, 7) is 1.93. The van der Waals surface area contributed by atoms with E-state index >= 15 is 0 Å². The van der Waals surface area contributed by atoms with Crippen LogP contribution < -0.4 is 10.1 Å². The number of ether oxygens (including phenoxy) is 1. The van der Waals surface area contributed by atoms with Crippen LogP contribution in [0.15, 0.2) is 24.3 Å². The van der Waals surface area contributed by atoms with Crippen molar-refractivity contribution >= 4 is 0 Å². The molecule has 0 bridgehead atoms. The van der Waals surface area contributed by atoms with Crippen LogP contribution in [0.2, 0.25) is 0 Å². The molecular formula is C10H11NO. The van der Waals surface area contributed by atoms with Crippen LogP contribution in [-0.2, 0) is 5.54 Å². The fourth-order valence-electron chi connectivity index (χ4n) is 2.05. The highest BCUT2D eigenvalue weighted by Gasteiger charge is 2.44. The Morgan fingerprint density at radius 1 is 1.33 bits per heavy atom. The minimum atomic E-state index is 0.177. The highest BCUT2D eigenvalue weighted by molar-refractivity contribution is 5.44. The van der Waals surface area contributed by atoms with Gasteiger partial charge in [-0.1, -0.05) is 18.2 Å². The highest BCUT2D eigenvalue weighted by atomic mass is 16.5. The molecule has 0 aromatic heterocycles. The van der Waals surface area contributed by atoms with Gasteiger partial charge in [0.15, 0.2) is 0 Å². The standard InChI is InChI=1S/C10H11NO/c1-2-4-9-8(3-1)10(7-12-9)5-6-11-10/h1-4,11H,5-7H2. The van der Waals surface area contributed by atoms with Gasteiger partial charge in [-0.15, -0.1) is 0 Å². The number of fused-ring (bicyclic) bond motifs is 2. The molecule has 0 aliphatic carbocycles. The van der Waals surface area contributed by atoms with Crippen LogP contribution in [0.25, 0.3) is 0 Å². The van der Waals surface area contributed by atoms with Gasteiger partial charge in [0, 0.05) is 5.56 Å². The predicted octanol–water partition coefficient (Wildman–Crippen LogP) is 1.27. The maximum Gasteiger partial charge on any atom is 0.124 e. The molecule has 1 unspecified atom stereocenters. The third-order valence-corrected chi connectivity index (χ3v) is 2.89. The van der Waals surface area contributed by atoms with Gasteiger partial charge in [0.1, 0.15) is 12.4 Å². The van der Waals surface area contributed by atoms with Crippen molar-refractivity contribution in [3.05, 3.63) is 29.8 Å². The summed E-state index contributed by atoms with van der Waals surface area (Å²) in [6.07, 6.45) is 1.21. The SMILES string of the molecule is c1ccc2c(c1)OCC21CCN1. The second-order valence-electron chi connectivity index (χ2n) is 3.54. The molecule has 1 aromatic carbocycles. The summed E-state index contributed by atoms with van der Waals surface area (Å²) < 4.78 is 5.59. The van der Waals surface area contributed by atoms with E-state index in [2.05, 4.69) is 17.4 Å². The largest absolute Gasteiger partial charge is 0.491 e. The Hall–Kier alpha value is -1.02. The molecule has 1 atom stereocenters. The molecule has 12 heavy (non-hydrogen) atoms. The zero-order valence-corrected chi connectivity index (χ0v) is 6.84. The quantitative estimate of drug-likeness (QED) is 0.618. The third-order valence-electron chi connectivity index (χ3n) is 2.89. The molecule has 1 aromatic rings. The van der Waals surface area contributed by atoms with Crippen molar-refractivity contribution in [1.82, 2.24) is 5.32 Å². The lowest BCUT2D eigenvalue weighted by molar-refractivity contribution is 0.154. The first-order valence-corrected chi connectivity index (χ1v) is 4.38. The first-order chi connectivity index (χ1) is 5.91. The number of hydrogen-bond donors (Lipinski definition) is 1. The Labute approximate surface area is 71.5 Å². The summed E-state index contributed by atoms with van der Waals surface area (Å²) in [6, 6.07) is 8.31. The van der Waals surface area contributed by atoms with Crippen LogP contribution in [0.1, 0.15) is 12.0 Å². The lowest BCUT2D eigenvalue weighted by Gasteiger charge is -2.38. The van der Waals surface area contributed by atoms with Gasteiger partial charge in [0.2, 0.25) is 0 Å². The van der Waals surface area contributed by atoms with Gasteiger partial charge in [-0.2, -0.15) is 0 Å². The summed E-state index contributed by atoms with van der Waals surface area (Å²) in [5.41, 5.74) is 1.52. The van der Waals surface area contributed by atoms with Crippen molar-refractivity contribution in [3.8, 4) is 5.75 Å². The van der Waals surface area contributed by atoms with Crippen molar-refractivity contribution in [2.45, 2.75) is 12.0 Å². The molecule has 1 N–H and O–H groups in total. The van der Waals surface area contributed by atoms with Gasteiger partial charge in [-0.25, -0.2) is 0 Å². The molecule has 2 heterocycles. The van der Waals surface area contributed by atoms with Crippen LogP contribution in [0, 0.1) is 0 Å². The minimum Gasteiger partial charge on any atom is -0.491 e. The van der Waals surface area contributed by atoms with E-state index in [4.69, 9.17) is 4.74 Å². The first-order valence-electron chi connectivity index (χ1n) is 4.38. The molecule has 2 nitrogen and oxygen atoms in total. The summed E-state index contributed by atoms with van der Waals surface area (Å²) >= 11 is 0. The smallest absolute Gasteiger partial charge is 0.124 e. The summed E-state index contributed by atoms with van der Waals surface area (Å²) in [5.74, 6) is 1.06. The van der Waals surface area contributed by atoms with E-state index in [9.17, 15) is 0 Å². The van der Waals surface area contributed by atoms with E-state index in [0.29, 0.717) is 0 Å². The lowest BCUT2D eigenvalue weighted by atomic mass is 9.83. The average Bonchev–Trinajstić information content (AvgIpc) is 2.42. The summed E-state index contributed by atoms with van der Waals surface area (Å²) in [7, 11) is 0. The van der Waals surface area contributed by atoms with Crippen LogP contribution in [-0.4, -0.2) is 13.2 Å². The Bertz CT molecular complexity index is 317. The predicted molar refractivity (Wildman–Crippen MR) is 46.2 cm³/mol. The van der Waals surface area contributed by atoms with Crippen molar-refractivity contribution < 1.29 is 4.74 Å². The molecule has 2 heteroatoms. The molecule has 2 aliphatic rings. The van der Waals surface area contributed by atoms with E-state index in [1.54, 1.807) is 0 Å². The maximum absolute atomic E-state index is 5.59. The van der Waals surface area contributed by atoms with Crippen LogP contribution >= 0.6 is 0 Å².